The summed E-state index contributed by atoms with van der Waals surface area (Å²) in [6, 6.07) is -1.49. The highest BCUT2D eigenvalue weighted by Crippen LogP contribution is 2.30. The molecule has 1 aromatic carbocycles. The minimum Gasteiger partial charge on any atom is -0.336 e. The van der Waals surface area contributed by atoms with Gasteiger partial charge in [-0.3, -0.25) is 5.84 Å². The molecule has 108 valence electrons. The van der Waals surface area contributed by atoms with Crippen molar-refractivity contribution in [3.63, 3.8) is 0 Å². The van der Waals surface area contributed by atoms with Gasteiger partial charge in [0.2, 0.25) is 5.82 Å². The summed E-state index contributed by atoms with van der Waals surface area (Å²) in [5.41, 5.74) is 0.913. The summed E-state index contributed by atoms with van der Waals surface area (Å²) in [5.74, 6) is -5.03. The van der Waals surface area contributed by atoms with Crippen LogP contribution in [0, 0.1) is 29.1 Å². The number of nitrogens with one attached hydrogen (secondary N) is 1. The number of hydrazine groups is 1. The summed E-state index contributed by atoms with van der Waals surface area (Å²) in [4.78, 5) is 3.78. The van der Waals surface area contributed by atoms with E-state index in [9.17, 15) is 22.0 Å². The molecule has 0 saturated heterocycles. The Morgan fingerprint density at radius 3 is 1.95 bits per heavy atom. The lowest BCUT2D eigenvalue weighted by atomic mass is 10.0. The molecule has 1 heterocycles. The van der Waals surface area contributed by atoms with Crippen molar-refractivity contribution < 1.29 is 22.0 Å². The molecule has 0 bridgehead atoms. The number of aromatic nitrogens is 2. The van der Waals surface area contributed by atoms with Gasteiger partial charge in [0.25, 0.3) is 0 Å². The number of rotatable bonds is 3. The van der Waals surface area contributed by atoms with Crippen LogP contribution in [0.15, 0.2) is 12.4 Å². The van der Waals surface area contributed by atoms with E-state index < -0.39 is 40.7 Å². The van der Waals surface area contributed by atoms with Crippen molar-refractivity contribution in [2.24, 2.45) is 12.9 Å². The second-order valence-corrected chi connectivity index (χ2v) is 3.98. The zero-order chi connectivity index (χ0) is 15.0. The fourth-order valence-electron chi connectivity index (χ4n) is 1.82. The molecule has 20 heavy (non-hydrogen) atoms. The first kappa shape index (κ1) is 14.4. The molecule has 1 atom stereocenters. The number of imidazole rings is 1. The zero-order valence-electron chi connectivity index (χ0n) is 10.1. The Kier molecular flexibility index (Phi) is 3.73. The van der Waals surface area contributed by atoms with Gasteiger partial charge < -0.3 is 4.57 Å². The first-order chi connectivity index (χ1) is 9.40. The maximum atomic E-state index is 13.7. The molecule has 0 aliphatic carbocycles. The summed E-state index contributed by atoms with van der Waals surface area (Å²) in [6.45, 7) is 0. The van der Waals surface area contributed by atoms with Crippen LogP contribution in [-0.4, -0.2) is 9.55 Å². The lowest BCUT2D eigenvalue weighted by Gasteiger charge is -2.18. The highest BCUT2D eigenvalue weighted by Gasteiger charge is 2.32. The van der Waals surface area contributed by atoms with E-state index in [0.717, 1.165) is 0 Å². The molecule has 1 aromatic heterocycles. The van der Waals surface area contributed by atoms with Gasteiger partial charge in [0.15, 0.2) is 23.3 Å². The summed E-state index contributed by atoms with van der Waals surface area (Å²) in [7, 11) is 1.48. The molecule has 0 saturated carbocycles. The van der Waals surface area contributed by atoms with Crippen LogP contribution >= 0.6 is 0 Å². The van der Waals surface area contributed by atoms with E-state index in [2.05, 4.69) is 4.98 Å². The van der Waals surface area contributed by atoms with E-state index >= 15 is 0 Å². The zero-order valence-corrected chi connectivity index (χ0v) is 10.1. The topological polar surface area (TPSA) is 55.9 Å². The smallest absolute Gasteiger partial charge is 0.200 e. The quantitative estimate of drug-likeness (QED) is 0.297. The predicted molar refractivity (Wildman–Crippen MR) is 58.6 cm³/mol. The van der Waals surface area contributed by atoms with Crippen molar-refractivity contribution in [1.82, 2.24) is 15.0 Å². The Hall–Kier alpha value is -2.00. The third-order valence-corrected chi connectivity index (χ3v) is 2.82. The van der Waals surface area contributed by atoms with Gasteiger partial charge in [0.1, 0.15) is 11.9 Å². The maximum absolute atomic E-state index is 13.7. The van der Waals surface area contributed by atoms with Crippen LogP contribution in [0.4, 0.5) is 22.0 Å². The van der Waals surface area contributed by atoms with Crippen LogP contribution in [0.1, 0.15) is 17.4 Å². The largest absolute Gasteiger partial charge is 0.336 e. The first-order valence-corrected chi connectivity index (χ1v) is 5.34. The molecule has 9 heteroatoms. The van der Waals surface area contributed by atoms with Gasteiger partial charge in [-0.1, -0.05) is 0 Å². The van der Waals surface area contributed by atoms with Gasteiger partial charge in [-0.05, 0) is 0 Å². The molecule has 0 fully saturated rings. The number of hydrogen-bond acceptors (Lipinski definition) is 3. The Morgan fingerprint density at radius 2 is 1.55 bits per heavy atom. The molecule has 4 nitrogen and oxygen atoms in total. The van der Waals surface area contributed by atoms with Crippen LogP contribution in [0.3, 0.4) is 0 Å². The van der Waals surface area contributed by atoms with Gasteiger partial charge in [0.05, 0.1) is 5.56 Å². The first-order valence-electron chi connectivity index (χ1n) is 5.34. The molecule has 2 aromatic rings. The maximum Gasteiger partial charge on any atom is 0.200 e. The Bertz CT molecular complexity index is 625. The van der Waals surface area contributed by atoms with E-state index in [4.69, 9.17) is 5.84 Å². The highest BCUT2D eigenvalue weighted by atomic mass is 19.2. The minimum atomic E-state index is -2.22. The molecule has 0 aliphatic heterocycles. The monoisotopic (exact) mass is 292 g/mol. The predicted octanol–water partition coefficient (Wildman–Crippen LogP) is 1.67. The number of aryl methyl sites for hydroxylation is 1. The van der Waals surface area contributed by atoms with E-state index in [1.807, 2.05) is 5.43 Å². The molecular weight excluding hydrogens is 283 g/mol. The van der Waals surface area contributed by atoms with E-state index in [0.29, 0.717) is 0 Å². The van der Waals surface area contributed by atoms with Crippen LogP contribution < -0.4 is 11.3 Å². The van der Waals surface area contributed by atoms with Gasteiger partial charge in [0, 0.05) is 19.4 Å². The van der Waals surface area contributed by atoms with Crippen LogP contribution in [0.25, 0.3) is 0 Å². The number of benzene rings is 1. The molecule has 0 aliphatic rings. The fraction of sp³-hybridized carbons (Fsp3) is 0.182. The third kappa shape index (κ3) is 2.04. The van der Waals surface area contributed by atoms with Crippen molar-refractivity contribution in [2.45, 2.75) is 6.04 Å². The molecule has 0 radical (unpaired) electrons. The van der Waals surface area contributed by atoms with E-state index in [1.54, 1.807) is 0 Å². The molecule has 0 amide bonds. The summed E-state index contributed by atoms with van der Waals surface area (Å²) in [5, 5.41) is 0. The number of nitrogens with zero attached hydrogens (tertiary/aromatic N) is 2. The van der Waals surface area contributed by atoms with Gasteiger partial charge in [-0.2, -0.15) is 0 Å². The molecule has 0 spiro atoms. The van der Waals surface area contributed by atoms with Crippen molar-refractivity contribution in [1.29, 1.82) is 0 Å². The van der Waals surface area contributed by atoms with Crippen LogP contribution in [0.2, 0.25) is 0 Å². The highest BCUT2D eigenvalue weighted by molar-refractivity contribution is 5.31. The van der Waals surface area contributed by atoms with Gasteiger partial charge >= 0.3 is 0 Å². The molecule has 1 unspecified atom stereocenters. The average Bonchev–Trinajstić information content (AvgIpc) is 2.85. The SMILES string of the molecule is Cn1ccnc1C(NN)c1c(F)c(F)c(F)c(F)c1F. The standard InChI is InChI=1S/C11H9F5N4/c1-20-3-2-18-11(20)10(19-17)4-5(12)7(14)9(16)8(15)6(4)13/h2-3,10,19H,17H2,1H3. The Balaban J connectivity index is 2.71. The van der Waals surface area contributed by atoms with Crippen molar-refractivity contribution in [3.05, 3.63) is 52.9 Å². The lowest BCUT2D eigenvalue weighted by Crippen LogP contribution is -2.33. The Morgan fingerprint density at radius 1 is 1.05 bits per heavy atom. The number of halogens is 5. The van der Waals surface area contributed by atoms with Crippen LogP contribution in [0.5, 0.6) is 0 Å². The van der Waals surface area contributed by atoms with Gasteiger partial charge in [-0.25, -0.2) is 32.4 Å². The third-order valence-electron chi connectivity index (χ3n) is 2.82. The Labute approximate surface area is 110 Å². The van der Waals surface area contributed by atoms with Gasteiger partial charge in [-0.15, -0.1) is 0 Å². The van der Waals surface area contributed by atoms with Crippen LogP contribution in [-0.2, 0) is 7.05 Å². The van der Waals surface area contributed by atoms with E-state index in [1.165, 1.54) is 24.0 Å². The second-order valence-electron chi connectivity index (χ2n) is 3.98. The number of nitrogens with two attached hydrogens (primary N) is 1. The van der Waals surface area contributed by atoms with Crippen molar-refractivity contribution in [3.8, 4) is 0 Å². The summed E-state index contributed by atoms with van der Waals surface area (Å²) in [6.07, 6.45) is 2.73. The number of hydrogen-bond donors (Lipinski definition) is 2. The molecule has 2 rings (SSSR count). The average molecular weight is 292 g/mol. The normalized spacial score (nSPS) is 12.8. The van der Waals surface area contributed by atoms with Crippen molar-refractivity contribution >= 4 is 0 Å². The lowest BCUT2D eigenvalue weighted by molar-refractivity contribution is 0.360. The molecule has 3 N–H and O–H groups in total. The minimum absolute atomic E-state index is 0.00397. The second kappa shape index (κ2) is 5.17. The summed E-state index contributed by atoms with van der Waals surface area (Å²) >= 11 is 0. The van der Waals surface area contributed by atoms with E-state index in [-0.39, 0.29) is 5.82 Å². The fourth-order valence-corrected chi connectivity index (χ4v) is 1.82. The summed E-state index contributed by atoms with van der Waals surface area (Å²) < 4.78 is 68.1. The van der Waals surface area contributed by atoms with Crippen molar-refractivity contribution in [2.75, 3.05) is 0 Å². The molecular formula is C11H9F5N4.